The number of aromatic amines is 1. The second-order valence-corrected chi connectivity index (χ2v) is 7.66. The van der Waals surface area contributed by atoms with Crippen molar-refractivity contribution in [1.29, 1.82) is 0 Å². The smallest absolute Gasteiger partial charge is 0.322 e. The summed E-state index contributed by atoms with van der Waals surface area (Å²) >= 11 is 0. The number of carbonyl (C=O) groups excluding carboxylic acids is 3. The second kappa shape index (κ2) is 10.3. The van der Waals surface area contributed by atoms with Crippen molar-refractivity contribution in [3.8, 4) is 0 Å². The lowest BCUT2D eigenvalue weighted by Crippen LogP contribution is -2.33. The molecule has 1 aromatic heterocycles. The molecule has 35 heavy (non-hydrogen) atoms. The van der Waals surface area contributed by atoms with Gasteiger partial charge in [-0.2, -0.15) is 5.10 Å². The van der Waals surface area contributed by atoms with Crippen LogP contribution in [-0.4, -0.2) is 28.9 Å². The van der Waals surface area contributed by atoms with Gasteiger partial charge in [-0.15, -0.1) is 0 Å². The number of hydrazone groups is 1. The number of nitrogens with one attached hydrogen (secondary N) is 4. The number of benzene rings is 3. The third kappa shape index (κ3) is 5.66. The van der Waals surface area contributed by atoms with Crippen LogP contribution in [0.3, 0.4) is 0 Å². The fraction of sp³-hybridized carbons (Fsp3) is 0.0385. The summed E-state index contributed by atoms with van der Waals surface area (Å²) in [6.45, 7) is 1.90. The molecule has 4 aromatic rings. The van der Waals surface area contributed by atoms with Crippen molar-refractivity contribution in [2.75, 3.05) is 10.6 Å². The number of aromatic nitrogens is 1. The van der Waals surface area contributed by atoms with Gasteiger partial charge in [0.2, 0.25) is 0 Å². The summed E-state index contributed by atoms with van der Waals surface area (Å²) in [4.78, 5) is 52.2. The number of H-pyrrole nitrogens is 1. The topological polar surface area (TPSA) is 133 Å². The van der Waals surface area contributed by atoms with E-state index in [-0.39, 0.29) is 22.4 Å². The van der Waals surface area contributed by atoms with Gasteiger partial charge in [0.15, 0.2) is 0 Å². The van der Waals surface area contributed by atoms with Gasteiger partial charge in [-0.05, 0) is 54.3 Å². The summed E-state index contributed by atoms with van der Waals surface area (Å²) < 4.78 is 0. The molecule has 9 heteroatoms. The van der Waals surface area contributed by atoms with Crippen LogP contribution in [0.4, 0.5) is 11.4 Å². The molecule has 0 saturated heterocycles. The van der Waals surface area contributed by atoms with E-state index in [0.29, 0.717) is 11.2 Å². The lowest BCUT2D eigenvalue weighted by atomic mass is 10.1. The van der Waals surface area contributed by atoms with E-state index in [9.17, 15) is 19.2 Å². The Balaban J connectivity index is 1.42. The Morgan fingerprint density at radius 3 is 2.46 bits per heavy atom. The molecular formula is C26H21N5O4. The highest BCUT2D eigenvalue weighted by Crippen LogP contribution is 2.18. The Bertz CT molecular complexity index is 1520. The standard InChI is InChI=1S/C26H21N5O4/c1-16-7-6-9-19(13-16)28-24(33)20-10-3-5-12-22(20)30-25(34)26(35)31-27-15-18-14-17-8-2-4-11-21(17)29-23(18)32/h2-15H,1H3,(H,28,33)(H,29,32)(H,30,34)(H,31,35)/b27-15-. The Kier molecular flexibility index (Phi) is 6.78. The molecule has 0 unspecified atom stereocenters. The van der Waals surface area contributed by atoms with E-state index in [1.165, 1.54) is 12.1 Å². The van der Waals surface area contributed by atoms with E-state index >= 15 is 0 Å². The number of rotatable bonds is 5. The van der Waals surface area contributed by atoms with Crippen LogP contribution in [0.5, 0.6) is 0 Å². The number of pyridine rings is 1. The molecule has 1 heterocycles. The zero-order chi connectivity index (χ0) is 24.8. The van der Waals surface area contributed by atoms with Crippen molar-refractivity contribution < 1.29 is 14.4 Å². The van der Waals surface area contributed by atoms with E-state index in [1.807, 2.05) is 37.3 Å². The van der Waals surface area contributed by atoms with E-state index in [2.05, 4.69) is 26.1 Å². The van der Waals surface area contributed by atoms with Crippen LogP contribution in [0.15, 0.2) is 88.8 Å². The summed E-state index contributed by atoms with van der Waals surface area (Å²) in [5, 5.41) is 9.68. The first-order chi connectivity index (χ1) is 16.9. The fourth-order valence-electron chi connectivity index (χ4n) is 3.36. The molecule has 4 rings (SSSR count). The molecule has 9 nitrogen and oxygen atoms in total. The molecule has 0 aliphatic heterocycles. The summed E-state index contributed by atoms with van der Waals surface area (Å²) in [6, 6.07) is 22.4. The monoisotopic (exact) mass is 467 g/mol. The number of fused-ring (bicyclic) bond motifs is 1. The number of hydrogen-bond acceptors (Lipinski definition) is 5. The zero-order valence-corrected chi connectivity index (χ0v) is 18.7. The Morgan fingerprint density at radius 1 is 0.857 bits per heavy atom. The number of carbonyl (C=O) groups is 3. The number of hydrogen-bond donors (Lipinski definition) is 4. The minimum Gasteiger partial charge on any atom is -0.322 e. The number of nitrogens with zero attached hydrogens (tertiary/aromatic N) is 1. The Labute approximate surface area is 199 Å². The highest BCUT2D eigenvalue weighted by atomic mass is 16.2. The van der Waals surface area contributed by atoms with E-state index in [1.54, 1.807) is 36.4 Å². The molecule has 0 atom stereocenters. The molecular weight excluding hydrogens is 446 g/mol. The quantitative estimate of drug-likeness (QED) is 0.204. The molecule has 0 spiro atoms. The maximum absolute atomic E-state index is 12.7. The summed E-state index contributed by atoms with van der Waals surface area (Å²) in [5.74, 6) is -2.53. The van der Waals surface area contributed by atoms with Crippen molar-refractivity contribution in [1.82, 2.24) is 10.4 Å². The average Bonchev–Trinajstić information content (AvgIpc) is 2.84. The average molecular weight is 467 g/mol. The molecule has 4 N–H and O–H groups in total. The van der Waals surface area contributed by atoms with Crippen LogP contribution in [0.25, 0.3) is 10.9 Å². The predicted octanol–water partition coefficient (Wildman–Crippen LogP) is 3.18. The first-order valence-electron chi connectivity index (χ1n) is 10.6. The molecule has 3 amide bonds. The van der Waals surface area contributed by atoms with Crippen molar-refractivity contribution in [2.24, 2.45) is 5.10 Å². The van der Waals surface area contributed by atoms with E-state index < -0.39 is 17.7 Å². The van der Waals surface area contributed by atoms with Gasteiger partial charge >= 0.3 is 11.8 Å². The zero-order valence-electron chi connectivity index (χ0n) is 18.7. The number of aryl methyl sites for hydroxylation is 1. The van der Waals surface area contributed by atoms with Crippen LogP contribution in [0.1, 0.15) is 21.5 Å². The molecule has 0 bridgehead atoms. The number of para-hydroxylation sites is 2. The molecule has 3 aromatic carbocycles. The minimum atomic E-state index is -1.06. The highest BCUT2D eigenvalue weighted by Gasteiger charge is 2.18. The van der Waals surface area contributed by atoms with Gasteiger partial charge in [0.1, 0.15) is 0 Å². The van der Waals surface area contributed by atoms with Gasteiger partial charge in [0, 0.05) is 11.2 Å². The summed E-state index contributed by atoms with van der Waals surface area (Å²) in [5.41, 5.74) is 4.50. The molecule has 0 aliphatic rings. The molecule has 174 valence electrons. The molecule has 0 saturated carbocycles. The number of anilines is 2. The molecule has 0 aliphatic carbocycles. The largest absolute Gasteiger partial charge is 0.329 e. The van der Waals surface area contributed by atoms with Crippen LogP contribution in [-0.2, 0) is 9.59 Å². The maximum atomic E-state index is 12.7. The third-order valence-corrected chi connectivity index (χ3v) is 5.05. The van der Waals surface area contributed by atoms with Crippen LogP contribution < -0.4 is 21.6 Å². The van der Waals surface area contributed by atoms with Crippen LogP contribution in [0.2, 0.25) is 0 Å². The van der Waals surface area contributed by atoms with Gasteiger partial charge in [-0.25, -0.2) is 5.43 Å². The van der Waals surface area contributed by atoms with Gasteiger partial charge in [-0.3, -0.25) is 19.2 Å². The van der Waals surface area contributed by atoms with Gasteiger partial charge < -0.3 is 15.6 Å². The lowest BCUT2D eigenvalue weighted by molar-refractivity contribution is -0.136. The van der Waals surface area contributed by atoms with Crippen molar-refractivity contribution in [3.63, 3.8) is 0 Å². The van der Waals surface area contributed by atoms with Gasteiger partial charge in [-0.1, -0.05) is 42.5 Å². The molecule has 0 radical (unpaired) electrons. The lowest BCUT2D eigenvalue weighted by Gasteiger charge is -2.11. The Morgan fingerprint density at radius 2 is 1.63 bits per heavy atom. The second-order valence-electron chi connectivity index (χ2n) is 7.66. The van der Waals surface area contributed by atoms with Gasteiger partial charge in [0.25, 0.3) is 11.5 Å². The van der Waals surface area contributed by atoms with E-state index in [4.69, 9.17) is 0 Å². The first kappa shape index (κ1) is 23.1. The minimum absolute atomic E-state index is 0.160. The Hall–Kier alpha value is -5.05. The predicted molar refractivity (Wildman–Crippen MR) is 135 cm³/mol. The van der Waals surface area contributed by atoms with Gasteiger partial charge in [0.05, 0.1) is 23.0 Å². The van der Waals surface area contributed by atoms with Crippen LogP contribution in [0, 0.1) is 6.92 Å². The van der Waals surface area contributed by atoms with Crippen molar-refractivity contribution >= 4 is 46.2 Å². The number of amides is 3. The summed E-state index contributed by atoms with van der Waals surface area (Å²) in [7, 11) is 0. The van der Waals surface area contributed by atoms with Crippen molar-refractivity contribution in [3.05, 3.63) is 106 Å². The maximum Gasteiger partial charge on any atom is 0.329 e. The van der Waals surface area contributed by atoms with Crippen LogP contribution >= 0.6 is 0 Å². The third-order valence-electron chi connectivity index (χ3n) is 5.05. The molecule has 0 fully saturated rings. The first-order valence-corrected chi connectivity index (χ1v) is 10.6. The van der Waals surface area contributed by atoms with Crippen molar-refractivity contribution in [2.45, 2.75) is 6.92 Å². The summed E-state index contributed by atoms with van der Waals surface area (Å²) in [6.07, 6.45) is 1.15. The van der Waals surface area contributed by atoms with E-state index in [0.717, 1.165) is 17.2 Å². The fourth-order valence-corrected chi connectivity index (χ4v) is 3.36. The highest BCUT2D eigenvalue weighted by molar-refractivity contribution is 6.40. The normalized spacial score (nSPS) is 10.8. The SMILES string of the molecule is Cc1cccc(NC(=O)c2ccccc2NC(=O)C(=O)N/N=C\c2cc3ccccc3[nH]c2=O)c1.